The van der Waals surface area contributed by atoms with Crippen molar-refractivity contribution in [3.8, 4) is 11.5 Å². The van der Waals surface area contributed by atoms with Crippen LogP contribution in [0.4, 0.5) is 0 Å². The number of nitrogens with zero attached hydrogens (tertiary/aromatic N) is 2. The average Bonchev–Trinajstić information content (AvgIpc) is 3.24. The Morgan fingerprint density at radius 3 is 1.38 bits per heavy atom. The molecule has 4 aromatic carbocycles. The van der Waals surface area contributed by atoms with Crippen LogP contribution in [0.2, 0.25) is 0 Å². The smallest absolute Gasteiger partial charge is 0.309 e. The maximum atomic E-state index is 11.9. The van der Waals surface area contributed by atoms with Gasteiger partial charge in [-0.1, -0.05) is 64.1 Å². The fourth-order valence-electron chi connectivity index (χ4n) is 9.93. The molecule has 2 heterocycles. The van der Waals surface area contributed by atoms with Gasteiger partial charge < -0.3 is 19.3 Å². The van der Waals surface area contributed by atoms with E-state index in [0.29, 0.717) is 18.8 Å². The number of rotatable bonds is 11. The molecular formula is C52H70N2O6. The molecule has 4 aromatic rings. The highest BCUT2D eigenvalue weighted by atomic mass is 16.5. The Balaban J connectivity index is 0.000000182. The van der Waals surface area contributed by atoms with Gasteiger partial charge in [-0.2, -0.15) is 0 Å². The molecule has 2 aliphatic carbocycles. The fourth-order valence-corrected chi connectivity index (χ4v) is 9.93. The summed E-state index contributed by atoms with van der Waals surface area (Å²) in [5.41, 5.74) is 2.61. The number of esters is 1. The lowest BCUT2D eigenvalue weighted by atomic mass is 9.80. The van der Waals surface area contributed by atoms with Crippen LogP contribution in [-0.4, -0.2) is 71.8 Å². The molecule has 0 radical (unpaired) electrons. The molecule has 4 aliphatic rings. The molecule has 8 nitrogen and oxygen atoms in total. The molecule has 0 bridgehead atoms. The third kappa shape index (κ3) is 11.8. The number of carbonyl (C=O) groups is 2. The van der Waals surface area contributed by atoms with Gasteiger partial charge in [0.15, 0.2) is 0 Å². The van der Waals surface area contributed by atoms with Crippen LogP contribution in [0.3, 0.4) is 0 Å². The summed E-state index contributed by atoms with van der Waals surface area (Å²) in [4.78, 5) is 27.9. The monoisotopic (exact) mass is 819 g/mol. The number of carboxylic acid groups (broad SMARTS) is 1. The summed E-state index contributed by atoms with van der Waals surface area (Å²) < 4.78 is 17.8. The zero-order chi connectivity index (χ0) is 42.2. The van der Waals surface area contributed by atoms with E-state index >= 15 is 0 Å². The number of benzene rings is 4. The molecular weight excluding hydrogens is 749 g/mol. The Labute approximate surface area is 358 Å². The molecule has 0 aromatic heterocycles. The van der Waals surface area contributed by atoms with Crippen molar-refractivity contribution in [2.24, 2.45) is 35.5 Å². The Kier molecular flexibility index (Phi) is 15.1. The van der Waals surface area contributed by atoms with Gasteiger partial charge in [0.25, 0.3) is 0 Å². The summed E-state index contributed by atoms with van der Waals surface area (Å²) in [7, 11) is 0. The summed E-state index contributed by atoms with van der Waals surface area (Å²) in [5, 5.41) is 14.1. The molecule has 0 spiro atoms. The first-order chi connectivity index (χ1) is 29.0. The minimum Gasteiger partial charge on any atom is -0.490 e. The first kappa shape index (κ1) is 43.9. The predicted molar refractivity (Wildman–Crippen MR) is 241 cm³/mol. The van der Waals surface area contributed by atoms with Gasteiger partial charge in [0, 0.05) is 13.1 Å². The zero-order valence-corrected chi connectivity index (χ0v) is 37.0. The molecule has 0 amide bonds. The Hall–Kier alpha value is -4.14. The van der Waals surface area contributed by atoms with Gasteiger partial charge in [0.2, 0.25) is 0 Å². The normalized spacial score (nSPS) is 25.9. The number of aliphatic carboxylic acids is 1. The molecule has 4 fully saturated rings. The van der Waals surface area contributed by atoms with Gasteiger partial charge in [-0.3, -0.25) is 19.4 Å². The molecule has 6 atom stereocenters. The van der Waals surface area contributed by atoms with Crippen molar-refractivity contribution in [3.05, 3.63) is 83.9 Å². The average molecular weight is 819 g/mol. The van der Waals surface area contributed by atoms with Crippen molar-refractivity contribution in [1.82, 2.24) is 9.80 Å². The molecule has 2 aliphatic heterocycles. The SMILES string of the molecule is CC1CCC(Oc2ccc3cc(CN4CCC(C(=O)O)CC4)ccc3c2)CC1C.CCOC(=O)C1CCN(Cc2ccc3cc(OC4CCC(C)C(C)C4)ccc3c2)CC1. The second kappa shape index (κ2) is 20.6. The van der Waals surface area contributed by atoms with Crippen molar-refractivity contribution < 1.29 is 28.9 Å². The largest absolute Gasteiger partial charge is 0.490 e. The maximum Gasteiger partial charge on any atom is 0.309 e. The van der Waals surface area contributed by atoms with Crippen molar-refractivity contribution in [3.63, 3.8) is 0 Å². The Morgan fingerprint density at radius 2 is 0.967 bits per heavy atom. The molecule has 8 heteroatoms. The van der Waals surface area contributed by atoms with Crippen LogP contribution in [0.15, 0.2) is 72.8 Å². The highest BCUT2D eigenvalue weighted by Gasteiger charge is 2.29. The molecule has 2 saturated carbocycles. The van der Waals surface area contributed by atoms with E-state index in [0.717, 1.165) is 126 Å². The second-order valence-electron chi connectivity index (χ2n) is 18.9. The van der Waals surface area contributed by atoms with Crippen LogP contribution in [0, 0.1) is 35.5 Å². The van der Waals surface area contributed by atoms with E-state index in [1.807, 2.05) is 6.92 Å². The molecule has 1 N–H and O–H groups in total. The molecule has 8 rings (SSSR count). The summed E-state index contributed by atoms with van der Waals surface area (Å²) in [6, 6.07) is 26.3. The first-order valence-corrected chi connectivity index (χ1v) is 23.2. The zero-order valence-electron chi connectivity index (χ0n) is 37.0. The van der Waals surface area contributed by atoms with Crippen LogP contribution in [0.25, 0.3) is 21.5 Å². The van der Waals surface area contributed by atoms with Crippen LogP contribution < -0.4 is 9.47 Å². The van der Waals surface area contributed by atoms with Crippen molar-refractivity contribution in [2.45, 2.75) is 124 Å². The van der Waals surface area contributed by atoms with Gasteiger partial charge in [0.1, 0.15) is 11.5 Å². The Morgan fingerprint density at radius 1 is 0.550 bits per heavy atom. The number of fused-ring (bicyclic) bond motifs is 2. The highest BCUT2D eigenvalue weighted by Crippen LogP contribution is 2.35. The molecule has 60 heavy (non-hydrogen) atoms. The fraction of sp³-hybridized carbons (Fsp3) is 0.577. The number of hydrogen-bond acceptors (Lipinski definition) is 7. The van der Waals surface area contributed by atoms with E-state index in [2.05, 4.69) is 110 Å². The van der Waals surface area contributed by atoms with Crippen LogP contribution in [-0.2, 0) is 27.4 Å². The lowest BCUT2D eigenvalue weighted by molar-refractivity contribution is -0.149. The summed E-state index contributed by atoms with van der Waals surface area (Å²) in [5.74, 6) is 4.29. The number of hydrogen-bond donors (Lipinski definition) is 1. The molecule has 324 valence electrons. The van der Waals surface area contributed by atoms with E-state index < -0.39 is 5.97 Å². The van der Waals surface area contributed by atoms with Gasteiger partial charge >= 0.3 is 11.9 Å². The van der Waals surface area contributed by atoms with Crippen LogP contribution in [0.5, 0.6) is 11.5 Å². The maximum absolute atomic E-state index is 11.9. The topological polar surface area (TPSA) is 88.5 Å². The molecule has 6 unspecified atom stereocenters. The van der Waals surface area contributed by atoms with E-state index in [-0.39, 0.29) is 17.8 Å². The third-order valence-corrected chi connectivity index (χ3v) is 14.4. The summed E-state index contributed by atoms with van der Waals surface area (Å²) in [6.45, 7) is 17.2. The number of piperidine rings is 2. The van der Waals surface area contributed by atoms with Gasteiger partial charge in [-0.25, -0.2) is 0 Å². The minimum atomic E-state index is -0.648. The summed E-state index contributed by atoms with van der Waals surface area (Å²) in [6.07, 6.45) is 11.1. The summed E-state index contributed by atoms with van der Waals surface area (Å²) >= 11 is 0. The quantitative estimate of drug-likeness (QED) is 0.150. The van der Waals surface area contributed by atoms with E-state index in [1.165, 1.54) is 45.5 Å². The third-order valence-electron chi connectivity index (χ3n) is 14.4. The predicted octanol–water partition coefficient (Wildman–Crippen LogP) is 11.2. The lowest BCUT2D eigenvalue weighted by Crippen LogP contribution is -2.36. The van der Waals surface area contributed by atoms with Crippen LogP contribution >= 0.6 is 0 Å². The van der Waals surface area contributed by atoms with Crippen molar-refractivity contribution >= 4 is 33.5 Å². The first-order valence-electron chi connectivity index (χ1n) is 23.2. The van der Waals surface area contributed by atoms with E-state index in [9.17, 15) is 9.59 Å². The number of ether oxygens (including phenoxy) is 3. The van der Waals surface area contributed by atoms with E-state index in [1.54, 1.807) is 0 Å². The number of carbonyl (C=O) groups excluding carboxylic acids is 1. The lowest BCUT2D eigenvalue weighted by Gasteiger charge is -2.32. The minimum absolute atomic E-state index is 0.0249. The van der Waals surface area contributed by atoms with Crippen molar-refractivity contribution in [1.29, 1.82) is 0 Å². The van der Waals surface area contributed by atoms with Gasteiger partial charge in [-0.15, -0.1) is 0 Å². The van der Waals surface area contributed by atoms with Crippen molar-refractivity contribution in [2.75, 3.05) is 32.8 Å². The second-order valence-corrected chi connectivity index (χ2v) is 18.9. The van der Waals surface area contributed by atoms with E-state index in [4.69, 9.17) is 19.3 Å². The standard InChI is InChI=1S/C27H37NO3.C25H33NO3/c1-4-30-27(29)22-11-13-28(14-12-22)18-21-6-7-24-17-26(10-8-23(24)16-21)31-25-9-5-19(2)20(3)15-25;1-17-3-7-23(13-18(17)2)29-24-8-6-21-14-19(4-5-22(21)15-24)16-26-11-9-20(10-12-26)25(27)28/h6-8,10,16-17,19-20,22,25H,4-5,9,11-15,18H2,1-3H3;4-6,8,14-15,17-18,20,23H,3,7,9-13,16H2,1-2H3,(H,27,28). The molecule has 2 saturated heterocycles. The van der Waals surface area contributed by atoms with Gasteiger partial charge in [-0.05, 0) is 190 Å². The number of likely N-dealkylation sites (tertiary alicyclic amines) is 2. The van der Waals surface area contributed by atoms with Crippen LogP contribution in [0.1, 0.15) is 110 Å². The Bertz CT molecular complexity index is 2030. The number of carboxylic acids is 1. The highest BCUT2D eigenvalue weighted by molar-refractivity contribution is 5.85. The van der Waals surface area contributed by atoms with Gasteiger partial charge in [0.05, 0.1) is 30.7 Å².